The van der Waals surface area contributed by atoms with Gasteiger partial charge in [0.1, 0.15) is 23.8 Å². The highest BCUT2D eigenvalue weighted by Crippen LogP contribution is 2.46. The fourth-order valence-electron chi connectivity index (χ4n) is 3.88. The van der Waals surface area contributed by atoms with Gasteiger partial charge in [-0.2, -0.15) is 0 Å². The van der Waals surface area contributed by atoms with Crippen molar-refractivity contribution in [2.24, 2.45) is 0 Å². The zero-order valence-corrected chi connectivity index (χ0v) is 21.5. The molecule has 0 amide bonds. The molecule has 9 heteroatoms. The van der Waals surface area contributed by atoms with Crippen LogP contribution in [0.3, 0.4) is 0 Å². The average Bonchev–Trinajstić information content (AvgIpc) is 3.62. The zero-order chi connectivity index (χ0) is 26.1. The summed E-state index contributed by atoms with van der Waals surface area (Å²) in [6.45, 7) is 0.189. The van der Waals surface area contributed by atoms with Crippen molar-refractivity contribution >= 4 is 46.5 Å². The number of ether oxygens (including phenoxy) is 1. The van der Waals surface area contributed by atoms with E-state index in [1.807, 2.05) is 0 Å². The Morgan fingerprint density at radius 1 is 1.05 bits per heavy atom. The minimum atomic E-state index is -1.08. The number of hydrogen-bond donors (Lipinski definition) is 2. The van der Waals surface area contributed by atoms with Crippen LogP contribution in [-0.4, -0.2) is 16.2 Å². The number of nitrogen functional groups attached to an aromatic ring is 1. The summed E-state index contributed by atoms with van der Waals surface area (Å²) < 4.78 is 11.8. The van der Waals surface area contributed by atoms with E-state index in [0.717, 1.165) is 24.2 Å². The molecule has 1 aromatic heterocycles. The maximum atomic E-state index is 11.3. The lowest BCUT2D eigenvalue weighted by molar-refractivity contribution is 0.0697. The van der Waals surface area contributed by atoms with Crippen molar-refractivity contribution in [3.8, 4) is 28.8 Å². The third-order valence-electron chi connectivity index (χ3n) is 5.83. The number of hydrogen-bond acceptors (Lipinski definition) is 5. The second kappa shape index (κ2) is 10.4. The lowest BCUT2D eigenvalue weighted by Gasteiger charge is -2.10. The van der Waals surface area contributed by atoms with Crippen LogP contribution in [0, 0.1) is 11.8 Å². The van der Waals surface area contributed by atoms with Crippen molar-refractivity contribution in [1.29, 1.82) is 0 Å². The van der Waals surface area contributed by atoms with Gasteiger partial charge in [-0.1, -0.05) is 57.9 Å². The van der Waals surface area contributed by atoms with E-state index in [0.29, 0.717) is 54.8 Å². The summed E-state index contributed by atoms with van der Waals surface area (Å²) in [6.07, 6.45) is 2.05. The predicted molar refractivity (Wildman–Crippen MR) is 144 cm³/mol. The monoisotopic (exact) mass is 552 g/mol. The SMILES string of the molecule is Nc1cc(C#Cc2ccc(OCc3c(-c4c(Cl)cccc4Cl)noc3C3CC3)cc2Cl)cc(C(=O)O)c1. The Morgan fingerprint density at radius 2 is 1.81 bits per heavy atom. The van der Waals surface area contributed by atoms with Gasteiger partial charge < -0.3 is 20.1 Å². The quantitative estimate of drug-likeness (QED) is 0.190. The molecule has 6 nitrogen and oxygen atoms in total. The summed E-state index contributed by atoms with van der Waals surface area (Å²) in [7, 11) is 0. The average molecular weight is 554 g/mol. The van der Waals surface area contributed by atoms with Gasteiger partial charge in [0, 0.05) is 34.4 Å². The van der Waals surface area contributed by atoms with Crippen LogP contribution in [0.25, 0.3) is 11.3 Å². The number of nitrogens with zero attached hydrogens (tertiary/aromatic N) is 1. The van der Waals surface area contributed by atoms with Crippen molar-refractivity contribution < 1.29 is 19.2 Å². The van der Waals surface area contributed by atoms with Gasteiger partial charge in [-0.3, -0.25) is 0 Å². The van der Waals surface area contributed by atoms with Crippen LogP contribution in [0.1, 0.15) is 51.6 Å². The van der Waals surface area contributed by atoms with Gasteiger partial charge in [0.25, 0.3) is 0 Å². The highest BCUT2D eigenvalue weighted by Gasteiger charge is 2.33. The Morgan fingerprint density at radius 3 is 2.49 bits per heavy atom. The molecule has 0 radical (unpaired) electrons. The minimum Gasteiger partial charge on any atom is -0.489 e. The number of aromatic nitrogens is 1. The maximum absolute atomic E-state index is 11.3. The molecular weight excluding hydrogens is 535 g/mol. The summed E-state index contributed by atoms with van der Waals surface area (Å²) in [5.41, 5.74) is 9.17. The molecule has 0 saturated heterocycles. The van der Waals surface area contributed by atoms with Crippen LogP contribution < -0.4 is 10.5 Å². The second-order valence-corrected chi connectivity index (χ2v) is 9.80. The molecule has 1 heterocycles. The summed E-state index contributed by atoms with van der Waals surface area (Å²) in [5.74, 6) is 6.40. The van der Waals surface area contributed by atoms with Crippen molar-refractivity contribution in [3.63, 3.8) is 0 Å². The molecule has 1 aliphatic carbocycles. The Labute approximate surface area is 227 Å². The normalized spacial score (nSPS) is 12.6. The number of aromatic carboxylic acids is 1. The lowest BCUT2D eigenvalue weighted by Crippen LogP contribution is -2.00. The first-order valence-corrected chi connectivity index (χ1v) is 12.4. The van der Waals surface area contributed by atoms with E-state index in [1.54, 1.807) is 42.5 Å². The first-order valence-electron chi connectivity index (χ1n) is 11.3. The summed E-state index contributed by atoms with van der Waals surface area (Å²) in [5, 5.41) is 14.8. The highest BCUT2D eigenvalue weighted by atomic mass is 35.5. The number of benzene rings is 3. The molecule has 1 aliphatic rings. The van der Waals surface area contributed by atoms with Crippen molar-refractivity contribution in [1.82, 2.24) is 5.16 Å². The fourth-order valence-corrected chi connectivity index (χ4v) is 4.67. The van der Waals surface area contributed by atoms with E-state index in [1.165, 1.54) is 12.1 Å². The molecule has 5 rings (SSSR count). The molecule has 0 aliphatic heterocycles. The van der Waals surface area contributed by atoms with Gasteiger partial charge in [-0.25, -0.2) is 4.79 Å². The highest BCUT2D eigenvalue weighted by molar-refractivity contribution is 6.39. The minimum absolute atomic E-state index is 0.0656. The first kappa shape index (κ1) is 25.0. The molecule has 3 N–H and O–H groups in total. The Bertz CT molecular complexity index is 1560. The van der Waals surface area contributed by atoms with E-state index in [9.17, 15) is 9.90 Å². The number of carbonyl (C=O) groups is 1. The molecule has 186 valence electrons. The third-order valence-corrected chi connectivity index (χ3v) is 6.78. The lowest BCUT2D eigenvalue weighted by atomic mass is 10.0. The summed E-state index contributed by atoms with van der Waals surface area (Å²) in [6, 6.07) is 14.9. The Kier molecular flexibility index (Phi) is 7.03. The molecule has 1 fully saturated rings. The fraction of sp³-hybridized carbons (Fsp3) is 0.143. The van der Waals surface area contributed by atoms with Gasteiger partial charge in [0.05, 0.1) is 26.2 Å². The number of rotatable bonds is 6. The number of carboxylic acid groups (broad SMARTS) is 1. The van der Waals surface area contributed by atoms with Crippen LogP contribution in [0.15, 0.2) is 59.1 Å². The zero-order valence-electron chi connectivity index (χ0n) is 19.2. The van der Waals surface area contributed by atoms with E-state index in [2.05, 4.69) is 17.0 Å². The summed E-state index contributed by atoms with van der Waals surface area (Å²) in [4.78, 5) is 11.3. The number of nitrogens with two attached hydrogens (primary N) is 1. The van der Waals surface area contributed by atoms with Gasteiger partial charge in [0.2, 0.25) is 0 Å². The van der Waals surface area contributed by atoms with Crippen LogP contribution in [0.2, 0.25) is 15.1 Å². The molecule has 0 atom stereocenters. The van der Waals surface area contributed by atoms with Crippen LogP contribution in [0.4, 0.5) is 5.69 Å². The van der Waals surface area contributed by atoms with Gasteiger partial charge in [-0.05, 0) is 55.3 Å². The number of halogens is 3. The molecule has 0 unspecified atom stereocenters. The molecule has 0 bridgehead atoms. The van der Waals surface area contributed by atoms with Gasteiger partial charge in [0.15, 0.2) is 0 Å². The number of anilines is 1. The maximum Gasteiger partial charge on any atom is 0.335 e. The van der Waals surface area contributed by atoms with Gasteiger partial charge >= 0.3 is 5.97 Å². The first-order chi connectivity index (χ1) is 17.8. The summed E-state index contributed by atoms with van der Waals surface area (Å²) >= 11 is 19.3. The van der Waals surface area contributed by atoms with Crippen LogP contribution in [-0.2, 0) is 6.61 Å². The van der Waals surface area contributed by atoms with Gasteiger partial charge in [-0.15, -0.1) is 0 Å². The van der Waals surface area contributed by atoms with E-state index < -0.39 is 5.97 Å². The van der Waals surface area contributed by atoms with Crippen LogP contribution >= 0.6 is 34.8 Å². The molecule has 0 spiro atoms. The smallest absolute Gasteiger partial charge is 0.335 e. The molecular formula is C28H19Cl3N2O4. The molecule has 37 heavy (non-hydrogen) atoms. The Hall–Kier alpha value is -3.63. The predicted octanol–water partition coefficient (Wildman–Crippen LogP) is 7.44. The standard InChI is InChI=1S/C28H19Cl3N2O4/c29-22-2-1-3-23(30)25(22)26-21(27(37-33-26)17-6-7-17)14-36-20-9-8-16(24(31)13-20)5-4-15-10-18(28(34)35)12-19(32)11-15/h1-3,8-13,17H,6-7,14,32H2,(H,34,35). The van der Waals surface area contributed by atoms with Crippen molar-refractivity contribution in [2.45, 2.75) is 25.4 Å². The Balaban J connectivity index is 1.38. The van der Waals surface area contributed by atoms with E-state index >= 15 is 0 Å². The topological polar surface area (TPSA) is 98.6 Å². The van der Waals surface area contributed by atoms with E-state index in [-0.39, 0.29) is 12.2 Å². The van der Waals surface area contributed by atoms with Crippen molar-refractivity contribution in [3.05, 3.63) is 97.7 Å². The number of carboxylic acids is 1. The third kappa shape index (κ3) is 5.55. The van der Waals surface area contributed by atoms with E-state index in [4.69, 9.17) is 49.8 Å². The second-order valence-electron chi connectivity index (χ2n) is 8.57. The molecule has 3 aromatic carbocycles. The van der Waals surface area contributed by atoms with Crippen molar-refractivity contribution in [2.75, 3.05) is 5.73 Å². The largest absolute Gasteiger partial charge is 0.489 e. The molecule has 4 aromatic rings. The van der Waals surface area contributed by atoms with Crippen LogP contribution in [0.5, 0.6) is 5.75 Å². The molecule has 1 saturated carbocycles.